The number of carbonyl (C=O) groups is 3. The number of amides is 3. The molecule has 7 nitrogen and oxygen atoms in total. The number of benzene rings is 2. The van der Waals surface area contributed by atoms with Gasteiger partial charge in [-0.05, 0) is 36.6 Å². The van der Waals surface area contributed by atoms with Crippen LogP contribution in [-0.2, 0) is 20.7 Å². The lowest BCUT2D eigenvalue weighted by Crippen LogP contribution is -2.43. The number of para-hydroxylation sites is 3. The smallest absolute Gasteiger partial charge is 0.422 e. The molecule has 4 rings (SSSR count). The lowest BCUT2D eigenvalue weighted by Gasteiger charge is -2.19. The van der Waals surface area contributed by atoms with Crippen molar-refractivity contribution >= 4 is 29.3 Å². The Kier molecular flexibility index (Phi) is 10.8. The molecule has 3 amide bonds. The first-order chi connectivity index (χ1) is 19.1. The van der Waals surface area contributed by atoms with Crippen LogP contribution < -0.4 is 14.5 Å². The Hall–Kier alpha value is -3.35. The molecule has 2 aliphatic rings. The number of unbranched alkanes of at least 4 members (excludes halogenated alkanes) is 11. The molecule has 0 spiro atoms. The van der Waals surface area contributed by atoms with Crippen LogP contribution in [0.25, 0.3) is 0 Å². The van der Waals surface area contributed by atoms with Crippen molar-refractivity contribution in [1.82, 2.24) is 0 Å². The highest BCUT2D eigenvalue weighted by Crippen LogP contribution is 2.34. The molecule has 7 heteroatoms. The first-order valence-electron chi connectivity index (χ1n) is 14.8. The van der Waals surface area contributed by atoms with Gasteiger partial charge in [0.1, 0.15) is 5.75 Å². The van der Waals surface area contributed by atoms with E-state index in [2.05, 4.69) is 6.92 Å². The Balaban J connectivity index is 1.22. The first-order valence-corrected chi connectivity index (χ1v) is 14.8. The Bertz CT molecular complexity index is 1120. The van der Waals surface area contributed by atoms with E-state index in [1.54, 1.807) is 24.3 Å². The van der Waals surface area contributed by atoms with E-state index in [0.717, 1.165) is 29.0 Å². The predicted molar refractivity (Wildman–Crippen MR) is 153 cm³/mol. The van der Waals surface area contributed by atoms with Crippen molar-refractivity contribution < 1.29 is 23.9 Å². The molecule has 1 fully saturated rings. The minimum absolute atomic E-state index is 0.309. The molecule has 2 heterocycles. The minimum atomic E-state index is -1.49. The SMILES string of the molecule is CCCCCCCCCCCCCCOc1ccccc1N1C(=O)OC(C(=O)N2CCc3ccccc32)C1=O. The zero-order chi connectivity index (χ0) is 27.5. The normalized spacial score (nSPS) is 16.5. The monoisotopic (exact) mass is 534 g/mol. The average molecular weight is 535 g/mol. The van der Waals surface area contributed by atoms with Crippen molar-refractivity contribution in [2.75, 3.05) is 23.0 Å². The highest BCUT2D eigenvalue weighted by Gasteiger charge is 2.49. The van der Waals surface area contributed by atoms with Gasteiger partial charge in [-0.2, -0.15) is 0 Å². The van der Waals surface area contributed by atoms with Crippen molar-refractivity contribution in [3.63, 3.8) is 0 Å². The molecular weight excluding hydrogens is 492 g/mol. The third kappa shape index (κ3) is 7.40. The summed E-state index contributed by atoms with van der Waals surface area (Å²) in [5, 5.41) is 0. The second-order valence-electron chi connectivity index (χ2n) is 10.5. The van der Waals surface area contributed by atoms with Crippen molar-refractivity contribution in [2.24, 2.45) is 0 Å². The van der Waals surface area contributed by atoms with Crippen LogP contribution in [0.3, 0.4) is 0 Å². The van der Waals surface area contributed by atoms with Crippen LogP contribution in [0.1, 0.15) is 89.5 Å². The number of anilines is 2. The number of imide groups is 1. The van der Waals surface area contributed by atoms with E-state index in [0.29, 0.717) is 31.0 Å². The maximum atomic E-state index is 13.2. The fourth-order valence-corrected chi connectivity index (χ4v) is 5.38. The maximum absolute atomic E-state index is 13.2. The number of hydrogen-bond donors (Lipinski definition) is 0. The predicted octanol–water partition coefficient (Wildman–Crippen LogP) is 7.21. The van der Waals surface area contributed by atoms with Gasteiger partial charge in [0.25, 0.3) is 17.9 Å². The fourth-order valence-electron chi connectivity index (χ4n) is 5.38. The van der Waals surface area contributed by atoms with Crippen LogP contribution in [-0.4, -0.2) is 37.2 Å². The zero-order valence-corrected chi connectivity index (χ0v) is 23.2. The molecule has 210 valence electrons. The topological polar surface area (TPSA) is 76.2 Å². The first kappa shape index (κ1) is 28.7. The highest BCUT2D eigenvalue weighted by atomic mass is 16.6. The summed E-state index contributed by atoms with van der Waals surface area (Å²) in [6.07, 6.45) is 13.5. The van der Waals surface area contributed by atoms with Gasteiger partial charge < -0.3 is 14.4 Å². The Morgan fingerprint density at radius 1 is 0.821 bits per heavy atom. The van der Waals surface area contributed by atoms with Gasteiger partial charge in [-0.15, -0.1) is 0 Å². The van der Waals surface area contributed by atoms with E-state index in [-0.39, 0.29) is 0 Å². The number of fused-ring (bicyclic) bond motifs is 1. The summed E-state index contributed by atoms with van der Waals surface area (Å²) in [7, 11) is 0. The average Bonchev–Trinajstić information content (AvgIpc) is 3.51. The summed E-state index contributed by atoms with van der Waals surface area (Å²) < 4.78 is 11.3. The van der Waals surface area contributed by atoms with Crippen LogP contribution in [0.15, 0.2) is 48.5 Å². The number of carbonyl (C=O) groups excluding carboxylic acids is 3. The Morgan fingerprint density at radius 2 is 1.41 bits per heavy atom. The molecule has 0 saturated carbocycles. The van der Waals surface area contributed by atoms with E-state index in [1.165, 1.54) is 69.1 Å². The van der Waals surface area contributed by atoms with E-state index >= 15 is 0 Å². The molecule has 0 radical (unpaired) electrons. The summed E-state index contributed by atoms with van der Waals surface area (Å²) in [6.45, 7) is 3.21. The lowest BCUT2D eigenvalue weighted by molar-refractivity contribution is -0.134. The van der Waals surface area contributed by atoms with E-state index in [9.17, 15) is 14.4 Å². The highest BCUT2D eigenvalue weighted by molar-refractivity contribution is 6.27. The van der Waals surface area contributed by atoms with Crippen molar-refractivity contribution in [3.8, 4) is 5.75 Å². The van der Waals surface area contributed by atoms with Crippen LogP contribution in [0, 0.1) is 0 Å². The van der Waals surface area contributed by atoms with Crippen molar-refractivity contribution in [3.05, 3.63) is 54.1 Å². The summed E-state index contributed by atoms with van der Waals surface area (Å²) in [5.74, 6) is -0.767. The molecule has 1 saturated heterocycles. The number of cyclic esters (lactones) is 1. The van der Waals surface area contributed by atoms with Gasteiger partial charge in [-0.25, -0.2) is 9.69 Å². The number of hydrogen-bond acceptors (Lipinski definition) is 5. The molecule has 2 aromatic rings. The molecule has 1 atom stereocenters. The molecule has 39 heavy (non-hydrogen) atoms. The summed E-state index contributed by atoms with van der Waals surface area (Å²) in [4.78, 5) is 41.7. The van der Waals surface area contributed by atoms with Gasteiger partial charge in [0, 0.05) is 12.2 Å². The second-order valence-corrected chi connectivity index (χ2v) is 10.5. The molecule has 1 unspecified atom stereocenters. The van der Waals surface area contributed by atoms with Crippen molar-refractivity contribution in [2.45, 2.75) is 96.5 Å². The standard InChI is InChI=1S/C32H42N2O5/c1-2-3-4-5-6-7-8-9-10-11-12-17-24-38-28-21-16-15-20-27(28)34-31(36)29(39-32(34)37)30(35)33-23-22-25-18-13-14-19-26(25)33/h13-16,18-21,29H,2-12,17,22-24H2,1H3. The van der Waals surface area contributed by atoms with Crippen LogP contribution in [0.4, 0.5) is 16.2 Å². The van der Waals surface area contributed by atoms with Crippen LogP contribution in [0.5, 0.6) is 5.75 Å². The minimum Gasteiger partial charge on any atom is -0.491 e. The van der Waals surface area contributed by atoms with E-state index in [4.69, 9.17) is 9.47 Å². The van der Waals surface area contributed by atoms with Crippen LogP contribution >= 0.6 is 0 Å². The Labute approximate surface area is 232 Å². The van der Waals surface area contributed by atoms with Gasteiger partial charge in [0.05, 0.1) is 12.3 Å². The van der Waals surface area contributed by atoms with Gasteiger partial charge in [-0.3, -0.25) is 9.59 Å². The van der Waals surface area contributed by atoms with Crippen molar-refractivity contribution in [1.29, 1.82) is 0 Å². The van der Waals surface area contributed by atoms with Gasteiger partial charge in [0.15, 0.2) is 0 Å². The largest absolute Gasteiger partial charge is 0.491 e. The number of ether oxygens (including phenoxy) is 2. The summed E-state index contributed by atoms with van der Waals surface area (Å²) in [5.41, 5.74) is 2.11. The molecule has 0 N–H and O–H groups in total. The third-order valence-corrected chi connectivity index (χ3v) is 7.59. The zero-order valence-electron chi connectivity index (χ0n) is 23.2. The molecule has 2 aromatic carbocycles. The van der Waals surface area contributed by atoms with Crippen LogP contribution in [0.2, 0.25) is 0 Å². The fraction of sp³-hybridized carbons (Fsp3) is 0.531. The number of nitrogens with zero attached hydrogens (tertiary/aromatic N) is 2. The van der Waals surface area contributed by atoms with Gasteiger partial charge in [-0.1, -0.05) is 108 Å². The molecule has 0 aromatic heterocycles. The van der Waals surface area contributed by atoms with Gasteiger partial charge in [0.2, 0.25) is 0 Å². The molecule has 2 aliphatic heterocycles. The van der Waals surface area contributed by atoms with Gasteiger partial charge >= 0.3 is 6.09 Å². The summed E-state index contributed by atoms with van der Waals surface area (Å²) >= 11 is 0. The van der Waals surface area contributed by atoms with E-state index in [1.807, 2.05) is 24.3 Å². The quantitative estimate of drug-likeness (QED) is 0.168. The lowest BCUT2D eigenvalue weighted by atomic mass is 10.1. The second kappa shape index (κ2) is 14.7. The number of rotatable bonds is 16. The molecular formula is C32H42N2O5. The maximum Gasteiger partial charge on any atom is 0.422 e. The summed E-state index contributed by atoms with van der Waals surface area (Å²) in [6, 6.07) is 14.5. The molecule has 0 aliphatic carbocycles. The molecule has 0 bridgehead atoms. The van der Waals surface area contributed by atoms with E-state index < -0.39 is 24.0 Å². The third-order valence-electron chi connectivity index (χ3n) is 7.59. The Morgan fingerprint density at radius 3 is 2.10 bits per heavy atom.